The number of thiophene rings is 1. The Balaban J connectivity index is 2.25. The van der Waals surface area contributed by atoms with Crippen LogP contribution in [0.5, 0.6) is 0 Å². The largest absolute Gasteiger partial charge is 0.467 e. The van der Waals surface area contributed by atoms with Gasteiger partial charge in [-0.15, -0.1) is 11.3 Å². The van der Waals surface area contributed by atoms with Crippen LogP contribution in [0.15, 0.2) is 34.9 Å². The van der Waals surface area contributed by atoms with Crippen molar-refractivity contribution in [2.75, 3.05) is 0 Å². The highest BCUT2D eigenvalue weighted by atomic mass is 35.5. The Kier molecular flexibility index (Phi) is 4.86. The Labute approximate surface area is 136 Å². The first-order valence-corrected chi connectivity index (χ1v) is 8.42. The van der Waals surface area contributed by atoms with Crippen molar-refractivity contribution >= 4 is 22.9 Å². The van der Waals surface area contributed by atoms with Crippen molar-refractivity contribution in [1.29, 1.82) is 0 Å². The molecule has 2 rings (SSSR count). The average Bonchev–Trinajstić information content (AvgIpc) is 2.93. The third-order valence-corrected chi connectivity index (χ3v) is 4.51. The van der Waals surface area contributed by atoms with Crippen LogP contribution in [-0.4, -0.2) is 5.54 Å². The standard InChI is InChI=1S/C17H24ClNOS/c1-16(2,3)11-17(4,5)19-15(12-7-6-10-20-12)13-8-9-14(18)21-13/h6-10,15,19H,11H2,1-5H3. The maximum Gasteiger partial charge on any atom is 0.126 e. The van der Waals surface area contributed by atoms with Gasteiger partial charge in [-0.05, 0) is 49.9 Å². The molecule has 21 heavy (non-hydrogen) atoms. The number of furan rings is 1. The van der Waals surface area contributed by atoms with E-state index in [1.165, 1.54) is 4.88 Å². The molecule has 0 saturated heterocycles. The Morgan fingerprint density at radius 3 is 2.38 bits per heavy atom. The number of hydrogen-bond acceptors (Lipinski definition) is 3. The molecule has 0 aromatic carbocycles. The minimum Gasteiger partial charge on any atom is -0.467 e. The van der Waals surface area contributed by atoms with Crippen molar-refractivity contribution < 1.29 is 4.42 Å². The van der Waals surface area contributed by atoms with Crippen LogP contribution in [0.25, 0.3) is 0 Å². The van der Waals surface area contributed by atoms with Gasteiger partial charge >= 0.3 is 0 Å². The SMILES string of the molecule is CC(C)(C)CC(C)(C)NC(c1ccco1)c1ccc(Cl)s1. The average molecular weight is 326 g/mol. The van der Waals surface area contributed by atoms with Crippen LogP contribution in [0.3, 0.4) is 0 Å². The van der Waals surface area contributed by atoms with Gasteiger partial charge in [-0.1, -0.05) is 32.4 Å². The number of hydrogen-bond donors (Lipinski definition) is 1. The minimum absolute atomic E-state index is 0.00777. The fraction of sp³-hybridized carbons (Fsp3) is 0.529. The lowest BCUT2D eigenvalue weighted by Crippen LogP contribution is -2.44. The van der Waals surface area contributed by atoms with E-state index in [-0.39, 0.29) is 17.0 Å². The summed E-state index contributed by atoms with van der Waals surface area (Å²) < 4.78 is 6.44. The van der Waals surface area contributed by atoms with Crippen LogP contribution in [0.1, 0.15) is 57.7 Å². The Morgan fingerprint density at radius 2 is 1.90 bits per heavy atom. The zero-order valence-electron chi connectivity index (χ0n) is 13.4. The first kappa shape index (κ1) is 16.6. The molecule has 2 aromatic heterocycles. The van der Waals surface area contributed by atoms with Gasteiger partial charge in [0, 0.05) is 10.4 Å². The van der Waals surface area contributed by atoms with Crippen LogP contribution in [0.4, 0.5) is 0 Å². The summed E-state index contributed by atoms with van der Waals surface area (Å²) >= 11 is 7.70. The second-order valence-electron chi connectivity index (χ2n) is 7.36. The molecular weight excluding hydrogens is 302 g/mol. The van der Waals surface area contributed by atoms with E-state index in [9.17, 15) is 0 Å². The van der Waals surface area contributed by atoms with Crippen LogP contribution in [-0.2, 0) is 0 Å². The fourth-order valence-corrected chi connectivity index (χ4v) is 4.11. The van der Waals surface area contributed by atoms with Gasteiger partial charge in [0.1, 0.15) is 11.8 Å². The monoisotopic (exact) mass is 325 g/mol. The lowest BCUT2D eigenvalue weighted by atomic mass is 9.81. The predicted molar refractivity (Wildman–Crippen MR) is 91.2 cm³/mol. The molecule has 0 radical (unpaired) electrons. The van der Waals surface area contributed by atoms with Crippen molar-refractivity contribution in [1.82, 2.24) is 5.32 Å². The number of rotatable bonds is 5. The molecule has 1 N–H and O–H groups in total. The molecule has 1 atom stereocenters. The Morgan fingerprint density at radius 1 is 1.19 bits per heavy atom. The Hall–Kier alpha value is -0.770. The van der Waals surface area contributed by atoms with Gasteiger partial charge in [-0.25, -0.2) is 0 Å². The maximum absolute atomic E-state index is 6.10. The smallest absolute Gasteiger partial charge is 0.126 e. The molecule has 0 aliphatic carbocycles. The molecular formula is C17H24ClNOS. The molecule has 2 aromatic rings. The molecule has 1 unspecified atom stereocenters. The number of nitrogens with one attached hydrogen (secondary N) is 1. The molecule has 4 heteroatoms. The fourth-order valence-electron chi connectivity index (χ4n) is 2.99. The molecule has 116 valence electrons. The summed E-state index contributed by atoms with van der Waals surface area (Å²) in [5.74, 6) is 0.926. The molecule has 2 nitrogen and oxygen atoms in total. The van der Waals surface area contributed by atoms with Gasteiger partial charge < -0.3 is 4.42 Å². The highest BCUT2D eigenvalue weighted by Crippen LogP contribution is 2.35. The van der Waals surface area contributed by atoms with Gasteiger partial charge in [-0.2, -0.15) is 0 Å². The quantitative estimate of drug-likeness (QED) is 0.741. The highest BCUT2D eigenvalue weighted by Gasteiger charge is 2.30. The van der Waals surface area contributed by atoms with E-state index >= 15 is 0 Å². The summed E-state index contributed by atoms with van der Waals surface area (Å²) in [7, 11) is 0. The highest BCUT2D eigenvalue weighted by molar-refractivity contribution is 7.16. The molecule has 0 aliphatic rings. The summed E-state index contributed by atoms with van der Waals surface area (Å²) in [5, 5.41) is 3.74. The second-order valence-corrected chi connectivity index (χ2v) is 9.10. The molecule has 0 spiro atoms. The van der Waals surface area contributed by atoms with Crippen LogP contribution in [0.2, 0.25) is 4.34 Å². The normalized spacial score (nSPS) is 14.4. The molecule has 2 heterocycles. The van der Waals surface area contributed by atoms with Gasteiger partial charge in [0.25, 0.3) is 0 Å². The molecule has 0 bridgehead atoms. The summed E-state index contributed by atoms with van der Waals surface area (Å²) in [6.07, 6.45) is 2.78. The lowest BCUT2D eigenvalue weighted by molar-refractivity contribution is 0.224. The third kappa shape index (κ3) is 4.87. The van der Waals surface area contributed by atoms with Crippen molar-refractivity contribution in [2.24, 2.45) is 5.41 Å². The number of halogens is 1. The van der Waals surface area contributed by atoms with E-state index in [0.29, 0.717) is 0 Å². The van der Waals surface area contributed by atoms with Gasteiger partial charge in [0.15, 0.2) is 0 Å². The summed E-state index contributed by atoms with van der Waals surface area (Å²) in [6, 6.07) is 7.99. The van der Waals surface area contributed by atoms with Gasteiger partial charge in [0.05, 0.1) is 10.6 Å². The zero-order chi connectivity index (χ0) is 15.7. The van der Waals surface area contributed by atoms with E-state index in [1.54, 1.807) is 17.6 Å². The summed E-state index contributed by atoms with van der Waals surface area (Å²) in [5.41, 5.74) is 0.253. The van der Waals surface area contributed by atoms with Crippen molar-refractivity contribution in [2.45, 2.75) is 52.6 Å². The summed E-state index contributed by atoms with van der Waals surface area (Å²) in [6.45, 7) is 11.3. The van der Waals surface area contributed by atoms with E-state index in [2.05, 4.69) is 46.0 Å². The van der Waals surface area contributed by atoms with Crippen LogP contribution in [0, 0.1) is 5.41 Å². The predicted octanol–water partition coefficient (Wildman–Crippen LogP) is 5.89. The maximum atomic E-state index is 6.10. The van der Waals surface area contributed by atoms with Gasteiger partial charge in [0.2, 0.25) is 0 Å². The summed E-state index contributed by atoms with van der Waals surface area (Å²) in [4.78, 5) is 1.18. The molecule has 0 amide bonds. The molecule has 0 saturated carbocycles. The topological polar surface area (TPSA) is 25.2 Å². The third-order valence-electron chi connectivity index (χ3n) is 3.21. The first-order valence-electron chi connectivity index (χ1n) is 7.23. The molecule has 0 aliphatic heterocycles. The van der Waals surface area contributed by atoms with Gasteiger partial charge in [-0.3, -0.25) is 5.32 Å². The second kappa shape index (κ2) is 6.15. The van der Waals surface area contributed by atoms with E-state index in [1.807, 2.05) is 18.2 Å². The van der Waals surface area contributed by atoms with Crippen molar-refractivity contribution in [3.8, 4) is 0 Å². The van der Waals surface area contributed by atoms with E-state index in [4.69, 9.17) is 16.0 Å². The van der Waals surface area contributed by atoms with Crippen molar-refractivity contribution in [3.63, 3.8) is 0 Å². The van der Waals surface area contributed by atoms with E-state index < -0.39 is 0 Å². The molecule has 0 fully saturated rings. The van der Waals surface area contributed by atoms with Crippen molar-refractivity contribution in [3.05, 3.63) is 45.5 Å². The minimum atomic E-state index is -0.00777. The lowest BCUT2D eigenvalue weighted by Gasteiger charge is -2.36. The van der Waals surface area contributed by atoms with Crippen LogP contribution >= 0.6 is 22.9 Å². The van der Waals surface area contributed by atoms with Crippen LogP contribution < -0.4 is 5.32 Å². The van der Waals surface area contributed by atoms with E-state index in [0.717, 1.165) is 16.5 Å². The Bertz CT molecular complexity index is 566. The first-order chi connectivity index (χ1) is 9.66. The zero-order valence-corrected chi connectivity index (χ0v) is 14.9.